The molecule has 0 radical (unpaired) electrons. The van der Waals surface area contributed by atoms with Crippen molar-refractivity contribution in [2.45, 2.75) is 44.2 Å². The molecule has 1 aliphatic rings. The fourth-order valence-electron chi connectivity index (χ4n) is 4.08. The van der Waals surface area contributed by atoms with E-state index in [0.29, 0.717) is 5.78 Å². The molecule has 0 atom stereocenters. The van der Waals surface area contributed by atoms with E-state index in [-0.39, 0.29) is 5.56 Å². The number of rotatable bonds is 4. The van der Waals surface area contributed by atoms with Gasteiger partial charge in [0.05, 0.1) is 18.2 Å². The fraction of sp³-hybridized carbons (Fsp3) is 0.381. The molecule has 1 aliphatic carbocycles. The van der Waals surface area contributed by atoms with Crippen LogP contribution in [-0.2, 0) is 12.8 Å². The summed E-state index contributed by atoms with van der Waals surface area (Å²) in [6, 6.07) is 7.54. The average molecular weight is 427 g/mol. The number of ether oxygens (including phenoxy) is 1. The Labute approximate surface area is 176 Å². The maximum atomic E-state index is 13.8. The molecular formula is C21H22N4O2S2. The Bertz CT molecular complexity index is 1250. The van der Waals surface area contributed by atoms with Gasteiger partial charge in [-0.1, -0.05) is 25.1 Å². The van der Waals surface area contributed by atoms with Crippen molar-refractivity contribution in [1.82, 2.24) is 19.2 Å². The zero-order valence-corrected chi connectivity index (χ0v) is 18.1. The van der Waals surface area contributed by atoms with Gasteiger partial charge in [0, 0.05) is 4.88 Å². The number of thioether (sulfide) groups is 1. The number of thiophene rings is 1. The molecule has 3 heterocycles. The minimum absolute atomic E-state index is 0.00230. The minimum atomic E-state index is -0.00230. The van der Waals surface area contributed by atoms with Gasteiger partial charge < -0.3 is 4.74 Å². The highest BCUT2D eigenvalue weighted by Gasteiger charge is 2.24. The first-order valence-corrected chi connectivity index (χ1v) is 11.7. The van der Waals surface area contributed by atoms with Crippen molar-refractivity contribution in [1.29, 1.82) is 0 Å². The van der Waals surface area contributed by atoms with Crippen LogP contribution in [-0.4, -0.2) is 32.0 Å². The molecule has 3 aromatic heterocycles. The Hall–Kier alpha value is -2.32. The topological polar surface area (TPSA) is 61.4 Å². The SMILES string of the molecule is CCSc1nnc2n(-c3ccc(OC)cc3)c(=O)c3c4c(sc3n12)CCCCC4. The number of benzene rings is 1. The van der Waals surface area contributed by atoms with E-state index in [1.807, 2.05) is 24.3 Å². The molecular weight excluding hydrogens is 404 g/mol. The standard InChI is InChI=1S/C21H22N4O2S2/c1-3-28-21-23-22-20-24(13-9-11-14(27-2)12-10-13)18(26)17-15-7-5-4-6-8-16(15)29-19(17)25(20)21/h9-12H,3-8H2,1-2H3. The van der Waals surface area contributed by atoms with Crippen LogP contribution in [0.3, 0.4) is 0 Å². The molecule has 0 fully saturated rings. The molecule has 0 amide bonds. The quantitative estimate of drug-likeness (QED) is 0.356. The highest BCUT2D eigenvalue weighted by Crippen LogP contribution is 2.36. The van der Waals surface area contributed by atoms with Crippen molar-refractivity contribution in [2.75, 3.05) is 12.9 Å². The van der Waals surface area contributed by atoms with Crippen LogP contribution >= 0.6 is 23.1 Å². The molecule has 1 aromatic carbocycles. The Kier molecular flexibility index (Phi) is 4.83. The van der Waals surface area contributed by atoms with E-state index in [1.54, 1.807) is 34.8 Å². The Morgan fingerprint density at radius 2 is 1.93 bits per heavy atom. The van der Waals surface area contributed by atoms with Crippen LogP contribution in [0.2, 0.25) is 0 Å². The molecule has 6 nitrogen and oxygen atoms in total. The second-order valence-electron chi connectivity index (χ2n) is 7.13. The van der Waals surface area contributed by atoms with Gasteiger partial charge in [-0.15, -0.1) is 21.5 Å². The molecule has 8 heteroatoms. The smallest absolute Gasteiger partial charge is 0.268 e. The lowest BCUT2D eigenvalue weighted by atomic mass is 10.1. The number of fused-ring (bicyclic) bond motifs is 5. The van der Waals surface area contributed by atoms with Gasteiger partial charge in [-0.05, 0) is 61.3 Å². The van der Waals surface area contributed by atoms with Gasteiger partial charge in [-0.25, -0.2) is 8.97 Å². The van der Waals surface area contributed by atoms with E-state index in [1.165, 1.54) is 23.3 Å². The van der Waals surface area contributed by atoms with Gasteiger partial charge in [-0.3, -0.25) is 4.79 Å². The van der Waals surface area contributed by atoms with Crippen molar-refractivity contribution in [2.24, 2.45) is 0 Å². The molecule has 4 aromatic rings. The van der Waals surface area contributed by atoms with Crippen LogP contribution in [0.4, 0.5) is 0 Å². The highest BCUT2D eigenvalue weighted by atomic mass is 32.2. The van der Waals surface area contributed by atoms with Gasteiger partial charge in [0.25, 0.3) is 5.56 Å². The maximum Gasteiger partial charge on any atom is 0.268 e. The Morgan fingerprint density at radius 1 is 1.14 bits per heavy atom. The third-order valence-corrected chi connectivity index (χ3v) is 7.53. The van der Waals surface area contributed by atoms with Gasteiger partial charge >= 0.3 is 0 Å². The predicted molar refractivity (Wildman–Crippen MR) is 118 cm³/mol. The summed E-state index contributed by atoms with van der Waals surface area (Å²) in [5.41, 5.74) is 2.01. The molecule has 5 rings (SSSR count). The second kappa shape index (κ2) is 7.50. The summed E-state index contributed by atoms with van der Waals surface area (Å²) in [5, 5.41) is 10.5. The van der Waals surface area contributed by atoms with E-state index in [4.69, 9.17) is 4.74 Å². The number of aryl methyl sites for hydroxylation is 2. The van der Waals surface area contributed by atoms with Crippen LogP contribution in [0.15, 0.2) is 34.2 Å². The lowest BCUT2D eigenvalue weighted by Crippen LogP contribution is -2.22. The van der Waals surface area contributed by atoms with Gasteiger partial charge in [-0.2, -0.15) is 0 Å². The summed E-state index contributed by atoms with van der Waals surface area (Å²) in [6.45, 7) is 2.10. The van der Waals surface area contributed by atoms with Gasteiger partial charge in [0.15, 0.2) is 5.16 Å². The van der Waals surface area contributed by atoms with Crippen molar-refractivity contribution < 1.29 is 4.74 Å². The Balaban J connectivity index is 1.89. The molecule has 29 heavy (non-hydrogen) atoms. The summed E-state index contributed by atoms with van der Waals surface area (Å²) >= 11 is 3.40. The van der Waals surface area contributed by atoms with Crippen LogP contribution < -0.4 is 10.3 Å². The van der Waals surface area contributed by atoms with E-state index in [0.717, 1.165) is 51.8 Å². The predicted octanol–water partition coefficient (Wildman–Crippen LogP) is 4.48. The summed E-state index contributed by atoms with van der Waals surface area (Å²) in [4.78, 5) is 16.1. The highest BCUT2D eigenvalue weighted by molar-refractivity contribution is 7.99. The minimum Gasteiger partial charge on any atom is -0.497 e. The van der Waals surface area contributed by atoms with Gasteiger partial charge in [0.1, 0.15) is 10.6 Å². The van der Waals surface area contributed by atoms with E-state index in [9.17, 15) is 4.79 Å². The zero-order chi connectivity index (χ0) is 20.0. The monoisotopic (exact) mass is 426 g/mol. The summed E-state index contributed by atoms with van der Waals surface area (Å²) in [5.74, 6) is 2.22. The molecule has 0 bridgehead atoms. The summed E-state index contributed by atoms with van der Waals surface area (Å²) < 4.78 is 9.06. The van der Waals surface area contributed by atoms with Crippen LogP contribution in [0.1, 0.15) is 36.6 Å². The second-order valence-corrected chi connectivity index (χ2v) is 9.45. The van der Waals surface area contributed by atoms with E-state index in [2.05, 4.69) is 21.5 Å². The van der Waals surface area contributed by atoms with Crippen LogP contribution in [0.5, 0.6) is 5.75 Å². The molecule has 0 N–H and O–H groups in total. The molecule has 0 unspecified atom stereocenters. The molecule has 0 aliphatic heterocycles. The van der Waals surface area contributed by atoms with Crippen molar-refractivity contribution in [3.8, 4) is 11.4 Å². The van der Waals surface area contributed by atoms with E-state index >= 15 is 0 Å². The van der Waals surface area contributed by atoms with Gasteiger partial charge in [0.2, 0.25) is 5.78 Å². The summed E-state index contributed by atoms with van der Waals surface area (Å²) in [6.07, 6.45) is 5.57. The number of aromatic nitrogens is 4. The fourth-order valence-corrected chi connectivity index (χ4v) is 6.18. The van der Waals surface area contributed by atoms with Crippen LogP contribution in [0, 0.1) is 0 Å². The first-order chi connectivity index (χ1) is 14.2. The van der Waals surface area contributed by atoms with Crippen LogP contribution in [0.25, 0.3) is 21.7 Å². The normalized spacial score (nSPS) is 14.3. The molecule has 0 saturated heterocycles. The third-order valence-electron chi connectivity index (χ3n) is 5.44. The third kappa shape index (κ3) is 2.97. The number of hydrogen-bond acceptors (Lipinski definition) is 6. The first kappa shape index (κ1) is 18.7. The number of methoxy groups -OCH3 is 1. The first-order valence-electron chi connectivity index (χ1n) is 9.94. The zero-order valence-electron chi connectivity index (χ0n) is 16.5. The van der Waals surface area contributed by atoms with Crippen molar-refractivity contribution in [3.63, 3.8) is 0 Å². The lowest BCUT2D eigenvalue weighted by molar-refractivity contribution is 0.414. The average Bonchev–Trinajstić information content (AvgIpc) is 3.23. The van der Waals surface area contributed by atoms with E-state index < -0.39 is 0 Å². The lowest BCUT2D eigenvalue weighted by Gasteiger charge is -2.10. The largest absolute Gasteiger partial charge is 0.497 e. The maximum absolute atomic E-state index is 13.8. The number of hydrogen-bond donors (Lipinski definition) is 0. The van der Waals surface area contributed by atoms with Crippen molar-refractivity contribution in [3.05, 3.63) is 45.1 Å². The molecule has 0 saturated carbocycles. The number of nitrogens with zero attached hydrogens (tertiary/aromatic N) is 4. The Morgan fingerprint density at radius 3 is 2.69 bits per heavy atom. The summed E-state index contributed by atoms with van der Waals surface area (Å²) in [7, 11) is 1.64. The van der Waals surface area contributed by atoms with Crippen molar-refractivity contribution >= 4 is 39.1 Å². The molecule has 150 valence electrons. The molecule has 0 spiro atoms.